The van der Waals surface area contributed by atoms with Crippen LogP contribution in [0.15, 0.2) is 29.4 Å². The molecule has 0 aliphatic carbocycles. The van der Waals surface area contributed by atoms with E-state index in [1.165, 1.54) is 11.8 Å². The number of carbonyl (C=O) groups excluding carboxylic acids is 3. The molecule has 7 nitrogen and oxygen atoms in total. The van der Waals surface area contributed by atoms with Crippen LogP contribution in [0.1, 0.15) is 20.3 Å². The maximum Gasteiger partial charge on any atom is 0.344 e. The summed E-state index contributed by atoms with van der Waals surface area (Å²) in [6, 6.07) is 4.76. The molecule has 1 aliphatic rings. The molecule has 0 saturated carbocycles. The zero-order chi connectivity index (χ0) is 15.5. The lowest BCUT2D eigenvalue weighted by Gasteiger charge is -2.19. The Kier molecular flexibility index (Phi) is 4.46. The molecule has 2 N–H and O–H groups in total. The molecule has 0 spiro atoms. The van der Waals surface area contributed by atoms with Crippen LogP contribution in [0.25, 0.3) is 0 Å². The molecular weight excluding hydrogens is 292 g/mol. The van der Waals surface area contributed by atoms with Crippen molar-refractivity contribution in [2.45, 2.75) is 30.8 Å². The van der Waals surface area contributed by atoms with Crippen LogP contribution < -0.4 is 10.7 Å². The fourth-order valence-corrected chi connectivity index (χ4v) is 2.41. The number of aromatic nitrogens is 1. The maximum absolute atomic E-state index is 12.1. The van der Waals surface area contributed by atoms with Crippen LogP contribution in [0.4, 0.5) is 4.79 Å². The van der Waals surface area contributed by atoms with Gasteiger partial charge in [-0.3, -0.25) is 15.0 Å². The number of carbonyl (C=O) groups is 3. The molecule has 0 aromatic carbocycles. The molecule has 2 rings (SSSR count). The van der Waals surface area contributed by atoms with Crippen LogP contribution in [0.5, 0.6) is 0 Å². The normalized spacial score (nSPS) is 21.3. The SMILES string of the molecule is CCC1(C)NC(=O)N(NC(=O)CSc2ccccn2)C1=O. The van der Waals surface area contributed by atoms with Gasteiger partial charge in [-0.25, -0.2) is 9.78 Å². The Morgan fingerprint density at radius 3 is 2.81 bits per heavy atom. The monoisotopic (exact) mass is 308 g/mol. The van der Waals surface area contributed by atoms with Crippen molar-refractivity contribution in [3.63, 3.8) is 0 Å². The highest BCUT2D eigenvalue weighted by Crippen LogP contribution is 2.19. The average molecular weight is 308 g/mol. The Labute approximate surface area is 126 Å². The Hall–Kier alpha value is -2.09. The summed E-state index contributed by atoms with van der Waals surface area (Å²) in [6.45, 7) is 3.42. The van der Waals surface area contributed by atoms with Gasteiger partial charge in [-0.1, -0.05) is 24.8 Å². The number of imide groups is 1. The molecule has 8 heteroatoms. The summed E-state index contributed by atoms with van der Waals surface area (Å²) in [5, 5.41) is 4.00. The number of nitrogens with zero attached hydrogens (tertiary/aromatic N) is 2. The Morgan fingerprint density at radius 1 is 1.48 bits per heavy atom. The lowest BCUT2D eigenvalue weighted by molar-refractivity contribution is -0.137. The van der Waals surface area contributed by atoms with E-state index in [2.05, 4.69) is 15.7 Å². The summed E-state index contributed by atoms with van der Waals surface area (Å²) in [5.74, 6) is -0.822. The van der Waals surface area contributed by atoms with Crippen LogP contribution in [0, 0.1) is 0 Å². The highest BCUT2D eigenvalue weighted by Gasteiger charge is 2.47. The van der Waals surface area contributed by atoms with Gasteiger partial charge in [0.1, 0.15) is 5.54 Å². The molecule has 112 valence electrons. The third-order valence-corrected chi connectivity index (χ3v) is 4.14. The molecule has 1 aromatic rings. The van der Waals surface area contributed by atoms with Gasteiger partial charge >= 0.3 is 6.03 Å². The van der Waals surface area contributed by atoms with Crippen molar-refractivity contribution in [2.75, 3.05) is 5.75 Å². The molecule has 0 bridgehead atoms. The van der Waals surface area contributed by atoms with E-state index in [0.29, 0.717) is 11.4 Å². The number of amides is 4. The molecule has 1 saturated heterocycles. The Bertz CT molecular complexity index is 566. The van der Waals surface area contributed by atoms with Crippen molar-refractivity contribution in [1.29, 1.82) is 0 Å². The standard InChI is InChI=1S/C13H16N4O3S/c1-3-13(2)11(19)17(12(20)15-13)16-9(18)8-21-10-6-4-5-7-14-10/h4-7H,3,8H2,1-2H3,(H,15,20)(H,16,18). The largest absolute Gasteiger partial charge is 0.344 e. The predicted molar refractivity (Wildman–Crippen MR) is 77.2 cm³/mol. The van der Waals surface area contributed by atoms with E-state index in [9.17, 15) is 14.4 Å². The second kappa shape index (κ2) is 6.13. The van der Waals surface area contributed by atoms with Gasteiger partial charge < -0.3 is 5.32 Å². The zero-order valence-electron chi connectivity index (χ0n) is 11.8. The molecule has 1 aromatic heterocycles. The van der Waals surface area contributed by atoms with Crippen molar-refractivity contribution in [3.8, 4) is 0 Å². The second-order valence-corrected chi connectivity index (χ2v) is 5.74. The lowest BCUT2D eigenvalue weighted by Crippen LogP contribution is -2.49. The van der Waals surface area contributed by atoms with Gasteiger partial charge in [0.25, 0.3) is 5.91 Å². The van der Waals surface area contributed by atoms with E-state index < -0.39 is 23.4 Å². The summed E-state index contributed by atoms with van der Waals surface area (Å²) in [6.07, 6.45) is 2.08. The summed E-state index contributed by atoms with van der Waals surface area (Å²) in [7, 11) is 0. The van der Waals surface area contributed by atoms with E-state index in [0.717, 1.165) is 5.01 Å². The van der Waals surface area contributed by atoms with Gasteiger partial charge in [-0.2, -0.15) is 5.01 Å². The highest BCUT2D eigenvalue weighted by atomic mass is 32.2. The van der Waals surface area contributed by atoms with E-state index in [1.54, 1.807) is 32.2 Å². The minimum Gasteiger partial charge on any atom is -0.322 e. The van der Waals surface area contributed by atoms with Gasteiger partial charge in [-0.05, 0) is 25.5 Å². The first-order chi connectivity index (χ1) is 9.96. The Morgan fingerprint density at radius 2 is 2.24 bits per heavy atom. The number of thioether (sulfide) groups is 1. The molecule has 1 atom stereocenters. The van der Waals surface area contributed by atoms with E-state index in [-0.39, 0.29) is 5.75 Å². The zero-order valence-corrected chi connectivity index (χ0v) is 12.6. The molecule has 1 aliphatic heterocycles. The number of urea groups is 1. The number of pyridine rings is 1. The van der Waals surface area contributed by atoms with Crippen LogP contribution in [-0.2, 0) is 9.59 Å². The lowest BCUT2D eigenvalue weighted by atomic mass is 10.00. The number of nitrogens with one attached hydrogen (secondary N) is 2. The van der Waals surface area contributed by atoms with Crippen molar-refractivity contribution in [2.24, 2.45) is 0 Å². The molecule has 2 heterocycles. The third-order valence-electron chi connectivity index (χ3n) is 3.19. The fourth-order valence-electron chi connectivity index (χ4n) is 1.75. The topological polar surface area (TPSA) is 91.4 Å². The maximum atomic E-state index is 12.1. The first kappa shape index (κ1) is 15.3. The van der Waals surface area contributed by atoms with Gasteiger partial charge in [0.15, 0.2) is 0 Å². The number of hydrogen-bond donors (Lipinski definition) is 2. The van der Waals surface area contributed by atoms with Gasteiger partial charge in [0.2, 0.25) is 5.91 Å². The molecular formula is C13H16N4O3S. The van der Waals surface area contributed by atoms with Crippen LogP contribution in [0.3, 0.4) is 0 Å². The average Bonchev–Trinajstić information content (AvgIpc) is 2.70. The van der Waals surface area contributed by atoms with E-state index >= 15 is 0 Å². The highest BCUT2D eigenvalue weighted by molar-refractivity contribution is 7.99. The van der Waals surface area contributed by atoms with Crippen molar-refractivity contribution >= 4 is 29.6 Å². The predicted octanol–water partition coefficient (Wildman–Crippen LogP) is 0.925. The summed E-state index contributed by atoms with van der Waals surface area (Å²) in [4.78, 5) is 39.7. The molecule has 1 unspecified atom stereocenters. The quantitative estimate of drug-likeness (QED) is 0.623. The third kappa shape index (κ3) is 3.33. The Balaban J connectivity index is 1.91. The number of rotatable bonds is 5. The first-order valence-electron chi connectivity index (χ1n) is 6.46. The van der Waals surface area contributed by atoms with Crippen LogP contribution >= 0.6 is 11.8 Å². The van der Waals surface area contributed by atoms with E-state index in [1.807, 2.05) is 6.07 Å². The molecule has 0 radical (unpaired) electrons. The van der Waals surface area contributed by atoms with E-state index in [4.69, 9.17) is 0 Å². The first-order valence-corrected chi connectivity index (χ1v) is 7.45. The van der Waals surface area contributed by atoms with Gasteiger partial charge in [-0.15, -0.1) is 0 Å². The summed E-state index contributed by atoms with van der Waals surface area (Å²) < 4.78 is 0. The smallest absolute Gasteiger partial charge is 0.322 e. The summed E-state index contributed by atoms with van der Waals surface area (Å²) >= 11 is 1.23. The van der Waals surface area contributed by atoms with Crippen LogP contribution in [0.2, 0.25) is 0 Å². The van der Waals surface area contributed by atoms with Crippen LogP contribution in [-0.4, -0.2) is 39.1 Å². The van der Waals surface area contributed by atoms with Crippen molar-refractivity contribution in [1.82, 2.24) is 20.7 Å². The number of hydrogen-bond acceptors (Lipinski definition) is 5. The second-order valence-electron chi connectivity index (χ2n) is 4.75. The van der Waals surface area contributed by atoms with Crippen molar-refractivity contribution in [3.05, 3.63) is 24.4 Å². The van der Waals surface area contributed by atoms with Crippen molar-refractivity contribution < 1.29 is 14.4 Å². The minimum absolute atomic E-state index is 0.0664. The minimum atomic E-state index is -0.960. The molecule has 21 heavy (non-hydrogen) atoms. The van der Waals surface area contributed by atoms with Gasteiger partial charge in [0.05, 0.1) is 10.8 Å². The number of hydrazine groups is 1. The fraction of sp³-hybridized carbons (Fsp3) is 0.385. The van der Waals surface area contributed by atoms with Gasteiger partial charge in [0, 0.05) is 6.20 Å². The molecule has 4 amide bonds. The summed E-state index contributed by atoms with van der Waals surface area (Å²) in [5.41, 5.74) is 1.36. The molecule has 1 fully saturated rings.